The van der Waals surface area contributed by atoms with Gasteiger partial charge in [-0.25, -0.2) is 13.2 Å². The van der Waals surface area contributed by atoms with Crippen LogP contribution in [-0.4, -0.2) is 33.4 Å². The van der Waals surface area contributed by atoms with Crippen molar-refractivity contribution in [1.82, 2.24) is 0 Å². The van der Waals surface area contributed by atoms with Crippen molar-refractivity contribution in [2.75, 3.05) is 22.8 Å². The summed E-state index contributed by atoms with van der Waals surface area (Å²) >= 11 is 5.90. The molecule has 0 unspecified atom stereocenters. The predicted molar refractivity (Wildman–Crippen MR) is 128 cm³/mol. The van der Waals surface area contributed by atoms with Gasteiger partial charge in [0.2, 0.25) is 5.91 Å². The molecule has 0 heterocycles. The molecule has 3 aromatic rings. The van der Waals surface area contributed by atoms with Crippen LogP contribution in [-0.2, 0) is 19.6 Å². The number of ether oxygens (including phenoxy) is 1. The lowest BCUT2D eigenvalue weighted by Gasteiger charge is -2.24. The van der Waals surface area contributed by atoms with E-state index in [9.17, 15) is 18.0 Å². The van der Waals surface area contributed by atoms with Crippen molar-refractivity contribution in [3.63, 3.8) is 0 Å². The summed E-state index contributed by atoms with van der Waals surface area (Å²) in [6.07, 6.45) is 0. The Labute approximate surface area is 198 Å². The van der Waals surface area contributed by atoms with E-state index in [2.05, 4.69) is 5.32 Å². The second-order valence-electron chi connectivity index (χ2n) is 7.15. The molecule has 3 rings (SSSR count). The maximum atomic E-state index is 13.3. The van der Waals surface area contributed by atoms with Crippen LogP contribution in [0.4, 0.5) is 11.4 Å². The summed E-state index contributed by atoms with van der Waals surface area (Å²) in [4.78, 5) is 24.6. The van der Waals surface area contributed by atoms with Gasteiger partial charge >= 0.3 is 5.97 Å². The van der Waals surface area contributed by atoms with Gasteiger partial charge in [-0.1, -0.05) is 29.3 Å². The van der Waals surface area contributed by atoms with E-state index in [1.165, 1.54) is 36.4 Å². The number of hydrogen-bond acceptors (Lipinski definition) is 5. The van der Waals surface area contributed by atoms with E-state index in [0.29, 0.717) is 22.0 Å². The molecule has 0 aromatic heterocycles. The molecule has 0 aliphatic heterocycles. The van der Waals surface area contributed by atoms with Gasteiger partial charge in [0.25, 0.3) is 10.0 Å². The van der Waals surface area contributed by atoms with Gasteiger partial charge in [-0.2, -0.15) is 0 Å². The molecule has 0 atom stereocenters. The van der Waals surface area contributed by atoms with Gasteiger partial charge in [0.05, 0.1) is 22.8 Å². The molecule has 0 saturated heterocycles. The molecule has 0 saturated carbocycles. The lowest BCUT2D eigenvalue weighted by atomic mass is 10.2. The van der Waals surface area contributed by atoms with Gasteiger partial charge < -0.3 is 10.1 Å². The van der Waals surface area contributed by atoms with E-state index >= 15 is 0 Å². The topological polar surface area (TPSA) is 92.8 Å². The number of amides is 1. The highest BCUT2D eigenvalue weighted by Crippen LogP contribution is 2.25. The number of esters is 1. The van der Waals surface area contributed by atoms with Crippen molar-refractivity contribution in [3.05, 3.63) is 88.9 Å². The van der Waals surface area contributed by atoms with Crippen LogP contribution in [0.5, 0.6) is 0 Å². The summed E-state index contributed by atoms with van der Waals surface area (Å²) in [5, 5.41) is 3.07. The van der Waals surface area contributed by atoms with Crippen molar-refractivity contribution < 1.29 is 22.7 Å². The highest BCUT2D eigenvalue weighted by atomic mass is 35.5. The minimum atomic E-state index is -4.04. The number of halogens is 1. The fraction of sp³-hybridized carbons (Fsp3) is 0.167. The zero-order valence-electron chi connectivity index (χ0n) is 18.1. The maximum absolute atomic E-state index is 13.3. The molecular weight excluding hydrogens is 464 g/mol. The Kier molecular flexibility index (Phi) is 7.73. The largest absolute Gasteiger partial charge is 0.462 e. The first-order valence-corrected chi connectivity index (χ1v) is 11.9. The van der Waals surface area contributed by atoms with Crippen molar-refractivity contribution >= 4 is 44.9 Å². The van der Waals surface area contributed by atoms with E-state index in [0.717, 1.165) is 9.87 Å². The number of benzene rings is 3. The van der Waals surface area contributed by atoms with Gasteiger partial charge in [0.1, 0.15) is 6.54 Å². The zero-order chi connectivity index (χ0) is 24.0. The molecule has 1 amide bonds. The van der Waals surface area contributed by atoms with Crippen LogP contribution in [0.15, 0.2) is 77.7 Å². The Morgan fingerprint density at radius 2 is 1.55 bits per heavy atom. The van der Waals surface area contributed by atoms with E-state index in [-0.39, 0.29) is 11.5 Å². The van der Waals surface area contributed by atoms with Crippen molar-refractivity contribution in [2.45, 2.75) is 18.7 Å². The first-order chi connectivity index (χ1) is 15.7. The smallest absolute Gasteiger partial charge is 0.338 e. The summed E-state index contributed by atoms with van der Waals surface area (Å²) in [5.74, 6) is -1.01. The SMILES string of the molecule is CCOC(=O)c1ccc(NC(=O)CN(c2ccc(C)cc2)S(=O)(=O)c2ccc(Cl)cc2)cc1. The monoisotopic (exact) mass is 486 g/mol. The van der Waals surface area contributed by atoms with Crippen LogP contribution < -0.4 is 9.62 Å². The minimum Gasteiger partial charge on any atom is -0.462 e. The molecule has 0 radical (unpaired) electrons. The van der Waals surface area contributed by atoms with Crippen LogP contribution in [0.2, 0.25) is 5.02 Å². The zero-order valence-corrected chi connectivity index (χ0v) is 19.7. The van der Waals surface area contributed by atoms with Crippen LogP contribution in [0.25, 0.3) is 0 Å². The molecule has 0 fully saturated rings. The molecule has 3 aromatic carbocycles. The van der Waals surface area contributed by atoms with Gasteiger partial charge in [0, 0.05) is 10.7 Å². The quantitative estimate of drug-likeness (QED) is 0.467. The number of aryl methyl sites for hydroxylation is 1. The number of rotatable bonds is 8. The van der Waals surface area contributed by atoms with Gasteiger partial charge in [0.15, 0.2) is 0 Å². The molecule has 9 heteroatoms. The standard InChI is InChI=1S/C24H23ClN2O5S/c1-3-32-24(29)18-6-10-20(11-7-18)26-23(28)16-27(21-12-4-17(2)5-13-21)33(30,31)22-14-8-19(25)9-15-22/h4-15H,3,16H2,1-2H3,(H,26,28). The summed E-state index contributed by atoms with van der Waals surface area (Å²) in [6, 6.07) is 18.7. The highest BCUT2D eigenvalue weighted by molar-refractivity contribution is 7.92. The van der Waals surface area contributed by atoms with E-state index in [1.807, 2.05) is 6.92 Å². The molecule has 0 spiro atoms. The summed E-state index contributed by atoms with van der Waals surface area (Å²) in [6.45, 7) is 3.40. The molecule has 0 bridgehead atoms. The molecule has 172 valence electrons. The van der Waals surface area contributed by atoms with Crippen molar-refractivity contribution in [1.29, 1.82) is 0 Å². The highest BCUT2D eigenvalue weighted by Gasteiger charge is 2.27. The second-order valence-corrected chi connectivity index (χ2v) is 9.45. The predicted octanol–water partition coefficient (Wildman–Crippen LogP) is 4.66. The number of hydrogen-bond donors (Lipinski definition) is 1. The fourth-order valence-electron chi connectivity index (χ4n) is 2.99. The second kappa shape index (κ2) is 10.5. The molecular formula is C24H23ClN2O5S. The number of anilines is 2. The van der Waals surface area contributed by atoms with E-state index < -0.39 is 28.4 Å². The number of nitrogens with one attached hydrogen (secondary N) is 1. The third kappa shape index (κ3) is 6.12. The van der Waals surface area contributed by atoms with Crippen LogP contribution in [0.1, 0.15) is 22.8 Å². The Bertz CT molecular complexity index is 1230. The molecule has 1 N–H and O–H groups in total. The number of sulfonamides is 1. The Morgan fingerprint density at radius 3 is 2.12 bits per heavy atom. The average molecular weight is 487 g/mol. The fourth-order valence-corrected chi connectivity index (χ4v) is 4.54. The van der Waals surface area contributed by atoms with Crippen molar-refractivity contribution in [3.8, 4) is 0 Å². The maximum Gasteiger partial charge on any atom is 0.338 e. The summed E-state index contributed by atoms with van der Waals surface area (Å²) < 4.78 is 32.7. The lowest BCUT2D eigenvalue weighted by molar-refractivity contribution is -0.114. The summed E-state index contributed by atoms with van der Waals surface area (Å²) in [5.41, 5.74) is 2.07. The van der Waals surface area contributed by atoms with Gasteiger partial charge in [-0.05, 0) is 74.5 Å². The Hall–Kier alpha value is -3.36. The first kappa shape index (κ1) is 24.3. The Morgan fingerprint density at radius 1 is 0.939 bits per heavy atom. The minimum absolute atomic E-state index is 0.0130. The van der Waals surface area contributed by atoms with Crippen LogP contribution in [0, 0.1) is 6.92 Å². The van der Waals surface area contributed by atoms with Crippen LogP contribution >= 0.6 is 11.6 Å². The number of carbonyl (C=O) groups is 2. The van der Waals surface area contributed by atoms with Gasteiger partial charge in [-0.15, -0.1) is 0 Å². The first-order valence-electron chi connectivity index (χ1n) is 10.1. The number of carbonyl (C=O) groups excluding carboxylic acids is 2. The third-order valence-electron chi connectivity index (χ3n) is 4.69. The molecule has 0 aliphatic rings. The lowest BCUT2D eigenvalue weighted by Crippen LogP contribution is -2.38. The number of nitrogens with zero attached hydrogens (tertiary/aromatic N) is 1. The molecule has 0 aliphatic carbocycles. The van der Waals surface area contributed by atoms with Crippen LogP contribution in [0.3, 0.4) is 0 Å². The normalized spacial score (nSPS) is 11.0. The molecule has 7 nitrogen and oxygen atoms in total. The van der Waals surface area contributed by atoms with Crippen molar-refractivity contribution in [2.24, 2.45) is 0 Å². The molecule has 33 heavy (non-hydrogen) atoms. The van der Waals surface area contributed by atoms with E-state index in [4.69, 9.17) is 16.3 Å². The average Bonchev–Trinajstić information content (AvgIpc) is 2.79. The van der Waals surface area contributed by atoms with Gasteiger partial charge in [-0.3, -0.25) is 9.10 Å². The third-order valence-corrected chi connectivity index (χ3v) is 6.73. The van der Waals surface area contributed by atoms with E-state index in [1.54, 1.807) is 43.3 Å². The summed E-state index contributed by atoms with van der Waals surface area (Å²) in [7, 11) is -4.04. The Balaban J connectivity index is 1.84.